The monoisotopic (exact) mass is 405 g/mol. The molecule has 7 heteroatoms. The van der Waals surface area contributed by atoms with Crippen molar-refractivity contribution in [3.8, 4) is 11.3 Å². The Morgan fingerprint density at radius 2 is 2.00 bits per heavy atom. The van der Waals surface area contributed by atoms with E-state index < -0.39 is 0 Å². The summed E-state index contributed by atoms with van der Waals surface area (Å²) < 4.78 is 0. The zero-order chi connectivity index (χ0) is 20.6. The first-order chi connectivity index (χ1) is 13.8. The van der Waals surface area contributed by atoms with E-state index in [1.165, 1.54) is 11.3 Å². The maximum atomic E-state index is 12.5. The molecule has 0 bridgehead atoms. The lowest BCUT2D eigenvalue weighted by atomic mass is 9.98. The zero-order valence-electron chi connectivity index (χ0n) is 16.9. The molecule has 148 valence electrons. The van der Waals surface area contributed by atoms with Gasteiger partial charge in [-0.2, -0.15) is 0 Å². The van der Waals surface area contributed by atoms with E-state index in [4.69, 9.17) is 0 Å². The molecule has 0 aliphatic carbocycles. The highest BCUT2D eigenvalue weighted by Crippen LogP contribution is 2.28. The van der Waals surface area contributed by atoms with Crippen LogP contribution in [0.2, 0.25) is 0 Å². The van der Waals surface area contributed by atoms with Crippen LogP contribution < -0.4 is 5.32 Å². The lowest BCUT2D eigenvalue weighted by Crippen LogP contribution is -2.22. The largest absolute Gasteiger partial charge is 0.347 e. The molecule has 0 fully saturated rings. The Balaban J connectivity index is 1.50. The minimum Gasteiger partial charge on any atom is -0.347 e. The van der Waals surface area contributed by atoms with Gasteiger partial charge in [0.25, 0.3) is 5.91 Å². The van der Waals surface area contributed by atoms with Gasteiger partial charge in [-0.1, -0.05) is 32.9 Å². The Morgan fingerprint density at radius 1 is 1.17 bits per heavy atom. The fraction of sp³-hybridized carbons (Fsp3) is 0.273. The Hall–Kier alpha value is -3.06. The van der Waals surface area contributed by atoms with Gasteiger partial charge >= 0.3 is 0 Å². The van der Waals surface area contributed by atoms with E-state index in [1.807, 2.05) is 31.3 Å². The number of hydrogen-bond donors (Lipinski definition) is 2. The number of thiazole rings is 1. The van der Waals surface area contributed by atoms with Gasteiger partial charge in [0.15, 0.2) is 0 Å². The van der Waals surface area contributed by atoms with E-state index in [0.29, 0.717) is 11.4 Å². The van der Waals surface area contributed by atoms with Crippen molar-refractivity contribution in [3.05, 3.63) is 64.0 Å². The van der Waals surface area contributed by atoms with Crippen LogP contribution in [-0.2, 0) is 12.0 Å². The fourth-order valence-corrected chi connectivity index (χ4v) is 4.02. The summed E-state index contributed by atoms with van der Waals surface area (Å²) in [6.07, 6.45) is 5.09. The van der Waals surface area contributed by atoms with Gasteiger partial charge in [0.05, 0.1) is 16.9 Å². The molecule has 0 unspecified atom stereocenters. The predicted molar refractivity (Wildman–Crippen MR) is 116 cm³/mol. The minimum atomic E-state index is -0.0914. The number of carbonyl (C=O) groups is 1. The molecule has 1 aromatic carbocycles. The van der Waals surface area contributed by atoms with Gasteiger partial charge in [-0.3, -0.25) is 4.79 Å². The molecule has 0 radical (unpaired) electrons. The second kappa shape index (κ2) is 7.40. The first-order valence-electron chi connectivity index (χ1n) is 9.45. The van der Waals surface area contributed by atoms with E-state index in [1.54, 1.807) is 12.5 Å². The third-order valence-electron chi connectivity index (χ3n) is 4.78. The molecular formula is C22H23N5OS. The van der Waals surface area contributed by atoms with Crippen molar-refractivity contribution in [3.63, 3.8) is 0 Å². The number of H-pyrrole nitrogens is 1. The fourth-order valence-electron chi connectivity index (χ4n) is 3.13. The van der Waals surface area contributed by atoms with Crippen LogP contribution in [0.4, 0.5) is 0 Å². The standard InChI is InChI=1S/C22H23N5OS/c1-13-9-14(18-16-7-8-23-19(16)27-12-26-18)5-6-15(13)10-24-20(28)17-11-25-21(29-17)22(2,3)4/h5-9,11-12H,10H2,1-4H3,(H,24,28)(H,23,26,27). The lowest BCUT2D eigenvalue weighted by molar-refractivity contribution is 0.0954. The summed E-state index contributed by atoms with van der Waals surface area (Å²) in [5, 5.41) is 4.96. The van der Waals surface area contributed by atoms with Gasteiger partial charge < -0.3 is 10.3 Å². The van der Waals surface area contributed by atoms with Gasteiger partial charge in [-0.25, -0.2) is 15.0 Å². The van der Waals surface area contributed by atoms with E-state index in [9.17, 15) is 4.79 Å². The topological polar surface area (TPSA) is 83.6 Å². The van der Waals surface area contributed by atoms with Gasteiger partial charge in [0.2, 0.25) is 0 Å². The average Bonchev–Trinajstić information content (AvgIpc) is 3.35. The third kappa shape index (κ3) is 3.91. The number of fused-ring (bicyclic) bond motifs is 1. The summed E-state index contributed by atoms with van der Waals surface area (Å²) in [7, 11) is 0. The van der Waals surface area contributed by atoms with Crippen LogP contribution in [0, 0.1) is 6.92 Å². The summed E-state index contributed by atoms with van der Waals surface area (Å²) >= 11 is 1.45. The van der Waals surface area contributed by atoms with Gasteiger partial charge in [-0.15, -0.1) is 11.3 Å². The molecule has 0 atom stereocenters. The first kappa shape index (κ1) is 19.3. The molecule has 1 amide bonds. The van der Waals surface area contributed by atoms with E-state index in [2.05, 4.69) is 52.1 Å². The number of benzene rings is 1. The van der Waals surface area contributed by atoms with E-state index in [-0.39, 0.29) is 11.3 Å². The normalized spacial score (nSPS) is 11.7. The van der Waals surface area contributed by atoms with Gasteiger partial charge in [-0.05, 0) is 30.2 Å². The third-order valence-corrected chi connectivity index (χ3v) is 6.20. The SMILES string of the molecule is Cc1cc(-c2ncnc3[nH]ccc23)ccc1CNC(=O)c1cnc(C(C)(C)C)s1. The summed E-state index contributed by atoms with van der Waals surface area (Å²) in [5.41, 5.74) is 4.87. The van der Waals surface area contributed by atoms with E-state index >= 15 is 0 Å². The van der Waals surface area contributed by atoms with Crippen molar-refractivity contribution in [2.24, 2.45) is 0 Å². The van der Waals surface area contributed by atoms with Crippen molar-refractivity contribution < 1.29 is 4.79 Å². The van der Waals surface area contributed by atoms with Crippen LogP contribution in [0.15, 0.2) is 43.0 Å². The van der Waals surface area contributed by atoms with Crippen LogP contribution in [-0.4, -0.2) is 25.8 Å². The number of aromatic nitrogens is 4. The highest BCUT2D eigenvalue weighted by molar-refractivity contribution is 7.13. The molecule has 2 N–H and O–H groups in total. The number of nitrogens with one attached hydrogen (secondary N) is 2. The molecule has 4 aromatic rings. The smallest absolute Gasteiger partial charge is 0.263 e. The Kier molecular flexibility index (Phi) is 4.92. The molecule has 3 heterocycles. The van der Waals surface area contributed by atoms with Crippen molar-refractivity contribution in [2.45, 2.75) is 39.7 Å². The molecule has 4 rings (SSSR count). The number of hydrogen-bond acceptors (Lipinski definition) is 5. The summed E-state index contributed by atoms with van der Waals surface area (Å²) in [6, 6.07) is 8.15. The number of rotatable bonds is 4. The number of aromatic amines is 1. The van der Waals surface area contributed by atoms with Crippen LogP contribution in [0.3, 0.4) is 0 Å². The summed E-state index contributed by atoms with van der Waals surface area (Å²) in [4.78, 5) is 29.3. The molecule has 0 saturated carbocycles. The quantitative estimate of drug-likeness (QED) is 0.519. The number of carbonyl (C=O) groups excluding carboxylic acids is 1. The molecule has 0 spiro atoms. The van der Waals surface area contributed by atoms with Crippen molar-refractivity contribution >= 4 is 28.3 Å². The predicted octanol–water partition coefficient (Wildman–Crippen LogP) is 4.62. The molecule has 29 heavy (non-hydrogen) atoms. The molecule has 3 aromatic heterocycles. The first-order valence-corrected chi connectivity index (χ1v) is 10.3. The summed E-state index contributed by atoms with van der Waals surface area (Å²) in [6.45, 7) is 8.80. The summed E-state index contributed by atoms with van der Waals surface area (Å²) in [5.74, 6) is -0.0914. The maximum absolute atomic E-state index is 12.5. The highest BCUT2D eigenvalue weighted by Gasteiger charge is 2.20. The van der Waals surface area contributed by atoms with Gasteiger partial charge in [0, 0.05) is 29.1 Å². The number of aryl methyl sites for hydroxylation is 1. The van der Waals surface area contributed by atoms with Crippen LogP contribution in [0.1, 0.15) is 46.6 Å². The van der Waals surface area contributed by atoms with Gasteiger partial charge in [0.1, 0.15) is 16.9 Å². The molecule has 0 aliphatic rings. The Labute approximate surface area is 173 Å². The zero-order valence-corrected chi connectivity index (χ0v) is 17.7. The van der Waals surface area contributed by atoms with Crippen molar-refractivity contribution in [1.82, 2.24) is 25.3 Å². The van der Waals surface area contributed by atoms with E-state index in [0.717, 1.165) is 38.4 Å². The average molecular weight is 406 g/mol. The van der Waals surface area contributed by atoms with Crippen molar-refractivity contribution in [2.75, 3.05) is 0 Å². The van der Waals surface area contributed by atoms with Crippen LogP contribution >= 0.6 is 11.3 Å². The molecular weight excluding hydrogens is 382 g/mol. The minimum absolute atomic E-state index is 0.0541. The number of amides is 1. The van der Waals surface area contributed by atoms with Crippen molar-refractivity contribution in [1.29, 1.82) is 0 Å². The maximum Gasteiger partial charge on any atom is 0.263 e. The van der Waals surface area contributed by atoms with Crippen LogP contribution in [0.25, 0.3) is 22.3 Å². The molecule has 6 nitrogen and oxygen atoms in total. The second-order valence-corrected chi connectivity index (χ2v) is 9.10. The second-order valence-electron chi connectivity index (χ2n) is 8.07. The number of nitrogens with zero attached hydrogens (tertiary/aromatic N) is 3. The highest BCUT2D eigenvalue weighted by atomic mass is 32.1. The Bertz CT molecular complexity index is 1190. The Morgan fingerprint density at radius 3 is 2.72 bits per heavy atom. The molecule has 0 saturated heterocycles. The molecule has 0 aliphatic heterocycles. The lowest BCUT2D eigenvalue weighted by Gasteiger charge is -2.13. The van der Waals surface area contributed by atoms with Crippen LogP contribution in [0.5, 0.6) is 0 Å².